The van der Waals surface area contributed by atoms with Gasteiger partial charge < -0.3 is 24.8 Å². The van der Waals surface area contributed by atoms with Crippen LogP contribution < -0.4 is 20.1 Å². The molecule has 1 aliphatic rings. The highest BCUT2D eigenvalue weighted by molar-refractivity contribution is 6.32. The van der Waals surface area contributed by atoms with Crippen LogP contribution in [0, 0.1) is 5.92 Å². The van der Waals surface area contributed by atoms with Crippen molar-refractivity contribution in [2.75, 3.05) is 13.2 Å². The van der Waals surface area contributed by atoms with E-state index in [2.05, 4.69) is 10.6 Å². The van der Waals surface area contributed by atoms with Crippen molar-refractivity contribution in [2.45, 2.75) is 60.1 Å². The van der Waals surface area contributed by atoms with Gasteiger partial charge in [-0.2, -0.15) is 0 Å². The molecule has 8 heteroatoms. The van der Waals surface area contributed by atoms with E-state index >= 15 is 0 Å². The molecule has 0 saturated carbocycles. The maximum absolute atomic E-state index is 13.0. The molecule has 0 fully saturated rings. The fourth-order valence-corrected chi connectivity index (χ4v) is 3.43. The first kappa shape index (κ1) is 23.9. The number of benzene rings is 1. The molecule has 1 aliphatic heterocycles. The maximum atomic E-state index is 13.0. The summed E-state index contributed by atoms with van der Waals surface area (Å²) in [6.07, 6.45) is 0.517. The number of halogens is 1. The van der Waals surface area contributed by atoms with Crippen LogP contribution >= 0.6 is 11.6 Å². The summed E-state index contributed by atoms with van der Waals surface area (Å²) in [5, 5.41) is 5.92. The molecule has 30 heavy (non-hydrogen) atoms. The third-order valence-corrected chi connectivity index (χ3v) is 4.64. The largest absolute Gasteiger partial charge is 0.490 e. The van der Waals surface area contributed by atoms with Gasteiger partial charge in [-0.25, -0.2) is 9.59 Å². The lowest BCUT2D eigenvalue weighted by atomic mass is 9.91. The zero-order chi connectivity index (χ0) is 22.4. The molecule has 7 nitrogen and oxygen atoms in total. The molecule has 0 radical (unpaired) electrons. The Morgan fingerprint density at radius 3 is 2.43 bits per heavy atom. The molecule has 2 rings (SSSR count). The van der Waals surface area contributed by atoms with Crippen molar-refractivity contribution < 1.29 is 23.8 Å². The van der Waals surface area contributed by atoms with E-state index in [9.17, 15) is 9.59 Å². The second-order valence-electron chi connectivity index (χ2n) is 7.58. The van der Waals surface area contributed by atoms with Gasteiger partial charge in [0.1, 0.15) is 0 Å². The van der Waals surface area contributed by atoms with Crippen LogP contribution in [0.15, 0.2) is 23.4 Å². The molecule has 1 heterocycles. The molecule has 1 unspecified atom stereocenters. The second-order valence-corrected chi connectivity index (χ2v) is 7.99. The fraction of sp³-hybridized carbons (Fsp3) is 0.545. The molecule has 1 aromatic carbocycles. The predicted molar refractivity (Wildman–Crippen MR) is 116 cm³/mol. The first-order valence-corrected chi connectivity index (χ1v) is 10.7. The lowest BCUT2D eigenvalue weighted by Gasteiger charge is -2.31. The van der Waals surface area contributed by atoms with Crippen molar-refractivity contribution >= 4 is 23.6 Å². The van der Waals surface area contributed by atoms with Gasteiger partial charge in [0.25, 0.3) is 0 Å². The van der Waals surface area contributed by atoms with Gasteiger partial charge in [0.05, 0.1) is 36.0 Å². The van der Waals surface area contributed by atoms with Crippen LogP contribution in [0.5, 0.6) is 11.5 Å². The molecule has 0 spiro atoms. The van der Waals surface area contributed by atoms with Gasteiger partial charge in [0, 0.05) is 5.70 Å². The molecule has 0 bridgehead atoms. The van der Waals surface area contributed by atoms with Crippen LogP contribution in [-0.4, -0.2) is 31.3 Å². The van der Waals surface area contributed by atoms with Crippen LogP contribution in [0.1, 0.15) is 59.6 Å². The van der Waals surface area contributed by atoms with Gasteiger partial charge in [-0.1, -0.05) is 32.4 Å². The van der Waals surface area contributed by atoms with E-state index in [4.69, 9.17) is 25.8 Å². The first-order valence-electron chi connectivity index (χ1n) is 10.3. The smallest absolute Gasteiger partial charge is 0.338 e. The summed E-state index contributed by atoms with van der Waals surface area (Å²) in [5.74, 6) is 0.321. The molecule has 166 valence electrons. The molecule has 2 amide bonds. The van der Waals surface area contributed by atoms with Gasteiger partial charge in [0.2, 0.25) is 0 Å². The van der Waals surface area contributed by atoms with E-state index in [1.54, 1.807) is 26.0 Å². The minimum absolute atomic E-state index is 0.0951. The van der Waals surface area contributed by atoms with Crippen LogP contribution in [-0.2, 0) is 9.53 Å². The highest BCUT2D eigenvalue weighted by Gasteiger charge is 2.36. The number of rotatable bonds is 9. The predicted octanol–water partition coefficient (Wildman–Crippen LogP) is 4.74. The van der Waals surface area contributed by atoms with E-state index in [0.29, 0.717) is 46.6 Å². The molecule has 0 aromatic heterocycles. The summed E-state index contributed by atoms with van der Waals surface area (Å²) in [4.78, 5) is 25.3. The van der Waals surface area contributed by atoms with Crippen LogP contribution in [0.4, 0.5) is 4.79 Å². The van der Waals surface area contributed by atoms with Crippen molar-refractivity contribution in [3.8, 4) is 11.5 Å². The minimum atomic E-state index is -0.737. The van der Waals surface area contributed by atoms with Crippen LogP contribution in [0.2, 0.25) is 5.02 Å². The molecule has 1 atom stereocenters. The van der Waals surface area contributed by atoms with Crippen molar-refractivity contribution in [3.63, 3.8) is 0 Å². The fourth-order valence-electron chi connectivity index (χ4n) is 3.16. The van der Waals surface area contributed by atoms with Gasteiger partial charge in [-0.15, -0.1) is 0 Å². The van der Waals surface area contributed by atoms with Gasteiger partial charge in [-0.05, 0) is 50.8 Å². The van der Waals surface area contributed by atoms with Crippen molar-refractivity contribution in [3.05, 3.63) is 34.0 Å². The quantitative estimate of drug-likeness (QED) is 0.543. The summed E-state index contributed by atoms with van der Waals surface area (Å²) in [5.41, 5.74) is 1.48. The number of nitrogens with one attached hydrogen (secondary N) is 2. The molecular weight excluding hydrogens is 408 g/mol. The molecule has 1 aromatic rings. The van der Waals surface area contributed by atoms with Crippen LogP contribution in [0.3, 0.4) is 0 Å². The minimum Gasteiger partial charge on any atom is -0.490 e. The normalized spacial score (nSPS) is 16.4. The Hall–Kier alpha value is -2.41. The lowest BCUT2D eigenvalue weighted by molar-refractivity contribution is -0.143. The highest BCUT2D eigenvalue weighted by atomic mass is 35.5. The number of hydrogen-bond acceptors (Lipinski definition) is 5. The number of urea groups is 1. The number of esters is 1. The van der Waals surface area contributed by atoms with Crippen molar-refractivity contribution in [1.29, 1.82) is 0 Å². The Kier molecular flexibility index (Phi) is 8.41. The Labute approximate surface area is 183 Å². The monoisotopic (exact) mass is 438 g/mol. The number of allylic oxidation sites excluding steroid dienone is 1. The highest BCUT2D eigenvalue weighted by Crippen LogP contribution is 2.41. The van der Waals surface area contributed by atoms with Crippen molar-refractivity contribution in [1.82, 2.24) is 10.6 Å². The zero-order valence-corrected chi connectivity index (χ0v) is 19.2. The average Bonchev–Trinajstić information content (AvgIpc) is 2.66. The number of ether oxygens (including phenoxy) is 3. The summed E-state index contributed by atoms with van der Waals surface area (Å²) < 4.78 is 17.0. The van der Waals surface area contributed by atoms with E-state index in [0.717, 1.165) is 6.42 Å². The maximum Gasteiger partial charge on any atom is 0.338 e. The lowest BCUT2D eigenvalue weighted by Crippen LogP contribution is -2.47. The van der Waals surface area contributed by atoms with E-state index in [1.165, 1.54) is 0 Å². The SMILES string of the molecule is CCCOc1c(Cl)cc(C2NC(=O)NC(C(C)C)=C2C(=O)OC(C)C)cc1OCC. The Morgan fingerprint density at radius 1 is 1.17 bits per heavy atom. The zero-order valence-electron chi connectivity index (χ0n) is 18.4. The molecule has 2 N–H and O–H groups in total. The Morgan fingerprint density at radius 2 is 1.87 bits per heavy atom. The molecular formula is C22H31ClN2O5. The van der Waals surface area contributed by atoms with Gasteiger partial charge in [0.15, 0.2) is 11.5 Å². The van der Waals surface area contributed by atoms with Gasteiger partial charge in [-0.3, -0.25) is 0 Å². The number of carbonyl (C=O) groups excluding carboxylic acids is 2. The first-order chi connectivity index (χ1) is 14.2. The molecule has 0 saturated heterocycles. The second kappa shape index (κ2) is 10.6. The Balaban J connectivity index is 2.61. The van der Waals surface area contributed by atoms with E-state index in [1.807, 2.05) is 27.7 Å². The summed E-state index contributed by atoms with van der Waals surface area (Å²) in [6.45, 7) is 12.1. The molecule has 0 aliphatic carbocycles. The van der Waals surface area contributed by atoms with Crippen LogP contribution in [0.25, 0.3) is 0 Å². The van der Waals surface area contributed by atoms with E-state index < -0.39 is 18.0 Å². The third-order valence-electron chi connectivity index (χ3n) is 4.36. The Bertz CT molecular complexity index is 820. The number of hydrogen-bond donors (Lipinski definition) is 2. The number of carbonyl (C=O) groups is 2. The summed E-state index contributed by atoms with van der Waals surface area (Å²) >= 11 is 6.51. The average molecular weight is 439 g/mol. The summed E-state index contributed by atoms with van der Waals surface area (Å²) in [6, 6.07) is 2.30. The third kappa shape index (κ3) is 5.59. The topological polar surface area (TPSA) is 85.9 Å². The number of amides is 2. The van der Waals surface area contributed by atoms with Crippen molar-refractivity contribution in [2.24, 2.45) is 5.92 Å². The summed E-state index contributed by atoms with van der Waals surface area (Å²) in [7, 11) is 0. The van der Waals surface area contributed by atoms with E-state index in [-0.39, 0.29) is 12.0 Å². The van der Waals surface area contributed by atoms with Gasteiger partial charge >= 0.3 is 12.0 Å². The standard InChI is InChI=1S/C22H31ClN2O5/c1-7-9-29-20-15(23)10-14(11-16(20)28-8-2)19-17(21(26)30-13(5)6)18(12(3)4)24-22(27)25-19/h10-13,19H,7-9H2,1-6H3,(H2,24,25,27).